The van der Waals surface area contributed by atoms with Crippen molar-refractivity contribution in [1.82, 2.24) is 0 Å². The second-order valence-corrected chi connectivity index (χ2v) is 6.90. The summed E-state index contributed by atoms with van der Waals surface area (Å²) in [4.78, 5) is 10.2. The molecule has 1 rings (SSSR count). The molecule has 0 aromatic heterocycles. The number of hydrogen-bond acceptors (Lipinski definition) is 2. The van der Waals surface area contributed by atoms with Gasteiger partial charge in [-0.2, -0.15) is 0 Å². The lowest BCUT2D eigenvalue weighted by molar-refractivity contribution is 0.264. The van der Waals surface area contributed by atoms with Crippen LogP contribution in [-0.2, 0) is 21.9 Å². The molecule has 0 aliphatic rings. The zero-order valence-corrected chi connectivity index (χ0v) is 13.8. The van der Waals surface area contributed by atoms with Crippen molar-refractivity contribution in [3.8, 4) is 0 Å². The zero-order chi connectivity index (χ0) is 15.0. The van der Waals surface area contributed by atoms with E-state index >= 15 is 0 Å². The molecule has 4 heteroatoms. The summed E-state index contributed by atoms with van der Waals surface area (Å²) >= 11 is 0. The standard InChI is InChI=1S/C16H27O3P/c1-4-7-13-19-20(17,18)16-12-8-11-14(9-5-2)15(16)10-6-3/h8,11-12H,4-7,9-10,13H2,1-3H3,(H,17,18). The molecule has 0 bridgehead atoms. The van der Waals surface area contributed by atoms with Crippen molar-refractivity contribution in [2.75, 3.05) is 6.61 Å². The minimum atomic E-state index is -3.69. The molecule has 1 aromatic carbocycles. The highest BCUT2D eigenvalue weighted by Gasteiger charge is 2.26. The summed E-state index contributed by atoms with van der Waals surface area (Å²) in [5.41, 5.74) is 2.19. The minimum absolute atomic E-state index is 0.341. The number of unbranched alkanes of at least 4 members (excludes halogenated alkanes) is 1. The van der Waals surface area contributed by atoms with Gasteiger partial charge < -0.3 is 9.42 Å². The van der Waals surface area contributed by atoms with Gasteiger partial charge in [-0.3, -0.25) is 4.57 Å². The Morgan fingerprint density at radius 2 is 1.80 bits per heavy atom. The lowest BCUT2D eigenvalue weighted by Crippen LogP contribution is -2.16. The van der Waals surface area contributed by atoms with Gasteiger partial charge in [-0.1, -0.05) is 52.2 Å². The van der Waals surface area contributed by atoms with E-state index < -0.39 is 7.60 Å². The topological polar surface area (TPSA) is 46.5 Å². The number of benzene rings is 1. The van der Waals surface area contributed by atoms with Crippen LogP contribution in [0.5, 0.6) is 0 Å². The van der Waals surface area contributed by atoms with E-state index in [1.807, 2.05) is 13.0 Å². The highest BCUT2D eigenvalue weighted by molar-refractivity contribution is 7.61. The Kier molecular flexibility index (Phi) is 7.50. The highest BCUT2D eigenvalue weighted by atomic mass is 31.2. The van der Waals surface area contributed by atoms with E-state index in [4.69, 9.17) is 4.52 Å². The van der Waals surface area contributed by atoms with Crippen LogP contribution in [0.3, 0.4) is 0 Å². The maximum atomic E-state index is 12.5. The van der Waals surface area contributed by atoms with Gasteiger partial charge in [0.15, 0.2) is 0 Å². The molecule has 114 valence electrons. The van der Waals surface area contributed by atoms with Gasteiger partial charge in [0.2, 0.25) is 0 Å². The van der Waals surface area contributed by atoms with Crippen molar-refractivity contribution in [3.05, 3.63) is 29.3 Å². The van der Waals surface area contributed by atoms with Gasteiger partial charge in [0.25, 0.3) is 0 Å². The Labute approximate surface area is 122 Å². The van der Waals surface area contributed by atoms with Gasteiger partial charge >= 0.3 is 7.60 Å². The average molecular weight is 298 g/mol. The molecular formula is C16H27O3P. The summed E-state index contributed by atoms with van der Waals surface area (Å²) in [5, 5.41) is 0.501. The van der Waals surface area contributed by atoms with Crippen molar-refractivity contribution in [3.63, 3.8) is 0 Å². The van der Waals surface area contributed by atoms with Gasteiger partial charge in [0.1, 0.15) is 0 Å². The van der Waals surface area contributed by atoms with Gasteiger partial charge in [-0.15, -0.1) is 0 Å². The minimum Gasteiger partial charge on any atom is -0.321 e. The SMILES string of the molecule is CCCCOP(=O)(O)c1cccc(CCC)c1CCC. The summed E-state index contributed by atoms with van der Waals surface area (Å²) in [6.07, 6.45) is 5.53. The average Bonchev–Trinajstić information content (AvgIpc) is 2.41. The van der Waals surface area contributed by atoms with E-state index in [1.54, 1.807) is 6.07 Å². The summed E-state index contributed by atoms with van der Waals surface area (Å²) in [7, 11) is -3.69. The summed E-state index contributed by atoms with van der Waals surface area (Å²) in [5.74, 6) is 0. The molecule has 1 N–H and O–H groups in total. The van der Waals surface area contributed by atoms with E-state index in [0.29, 0.717) is 11.9 Å². The van der Waals surface area contributed by atoms with Crippen LogP contribution < -0.4 is 5.30 Å². The van der Waals surface area contributed by atoms with Crippen molar-refractivity contribution in [2.45, 2.75) is 59.3 Å². The van der Waals surface area contributed by atoms with Gasteiger partial charge in [-0.05, 0) is 36.5 Å². The summed E-state index contributed by atoms with van der Waals surface area (Å²) < 4.78 is 17.8. The third-order valence-electron chi connectivity index (χ3n) is 3.34. The monoisotopic (exact) mass is 298 g/mol. The molecule has 3 nitrogen and oxygen atoms in total. The van der Waals surface area contributed by atoms with Crippen molar-refractivity contribution in [2.24, 2.45) is 0 Å². The highest BCUT2D eigenvalue weighted by Crippen LogP contribution is 2.42. The third kappa shape index (κ3) is 4.73. The molecule has 0 fully saturated rings. The van der Waals surface area contributed by atoms with Crippen molar-refractivity contribution < 1.29 is 14.0 Å². The number of rotatable bonds is 9. The molecule has 0 saturated heterocycles. The van der Waals surface area contributed by atoms with Crippen LogP contribution in [-0.4, -0.2) is 11.5 Å². The Balaban J connectivity index is 3.08. The first kappa shape index (κ1) is 17.4. The second kappa shape index (κ2) is 8.61. The maximum absolute atomic E-state index is 12.5. The van der Waals surface area contributed by atoms with E-state index in [-0.39, 0.29) is 0 Å². The second-order valence-electron chi connectivity index (χ2n) is 5.12. The van der Waals surface area contributed by atoms with Crippen molar-refractivity contribution >= 4 is 12.9 Å². The first-order valence-corrected chi connectivity index (χ1v) is 9.23. The van der Waals surface area contributed by atoms with Crippen LogP contribution in [0.25, 0.3) is 0 Å². The lowest BCUT2D eigenvalue weighted by Gasteiger charge is -2.18. The van der Waals surface area contributed by atoms with E-state index in [0.717, 1.165) is 44.1 Å². The quantitative estimate of drug-likeness (QED) is 0.548. The van der Waals surface area contributed by atoms with Crippen molar-refractivity contribution in [1.29, 1.82) is 0 Å². The lowest BCUT2D eigenvalue weighted by atomic mass is 10.00. The van der Waals surface area contributed by atoms with Crippen LogP contribution in [0.4, 0.5) is 0 Å². The number of aryl methyl sites for hydroxylation is 1. The Hall–Kier alpha value is -0.630. The third-order valence-corrected chi connectivity index (χ3v) is 4.90. The molecule has 0 saturated carbocycles. The first-order chi connectivity index (χ1) is 9.56. The Morgan fingerprint density at radius 3 is 2.40 bits per heavy atom. The molecule has 0 amide bonds. The molecule has 0 heterocycles. The Bertz CT molecular complexity index is 457. The van der Waals surface area contributed by atoms with Gasteiger partial charge in [0.05, 0.1) is 11.9 Å². The van der Waals surface area contributed by atoms with Crippen LogP contribution in [0, 0.1) is 0 Å². The van der Waals surface area contributed by atoms with Gasteiger partial charge in [0, 0.05) is 0 Å². The van der Waals surface area contributed by atoms with Crippen LogP contribution >= 0.6 is 7.60 Å². The summed E-state index contributed by atoms with van der Waals surface area (Å²) in [6.45, 7) is 6.59. The molecule has 1 unspecified atom stereocenters. The fourth-order valence-electron chi connectivity index (χ4n) is 2.33. The fraction of sp³-hybridized carbons (Fsp3) is 0.625. The zero-order valence-electron chi connectivity index (χ0n) is 12.9. The first-order valence-electron chi connectivity index (χ1n) is 7.65. The molecule has 1 atom stereocenters. The molecule has 0 spiro atoms. The molecule has 20 heavy (non-hydrogen) atoms. The molecular weight excluding hydrogens is 271 g/mol. The molecule has 0 radical (unpaired) electrons. The molecule has 0 aliphatic carbocycles. The van der Waals surface area contributed by atoms with Gasteiger partial charge in [-0.25, -0.2) is 0 Å². The fourth-order valence-corrected chi connectivity index (χ4v) is 3.72. The Morgan fingerprint density at radius 1 is 1.10 bits per heavy atom. The predicted molar refractivity (Wildman–Crippen MR) is 84.8 cm³/mol. The van der Waals surface area contributed by atoms with Crippen LogP contribution in [0.15, 0.2) is 18.2 Å². The smallest absolute Gasteiger partial charge is 0.321 e. The molecule has 1 aromatic rings. The molecule has 0 aliphatic heterocycles. The van der Waals surface area contributed by atoms with Crippen LogP contribution in [0.2, 0.25) is 0 Å². The maximum Gasteiger partial charge on any atom is 0.359 e. The summed E-state index contributed by atoms with van der Waals surface area (Å²) in [6, 6.07) is 5.67. The predicted octanol–water partition coefficient (Wildman–Crippen LogP) is 4.22. The van der Waals surface area contributed by atoms with E-state index in [1.165, 1.54) is 5.56 Å². The number of hydrogen-bond donors (Lipinski definition) is 1. The van der Waals surface area contributed by atoms with E-state index in [2.05, 4.69) is 19.9 Å². The van der Waals surface area contributed by atoms with E-state index in [9.17, 15) is 9.46 Å². The largest absolute Gasteiger partial charge is 0.359 e. The van der Waals surface area contributed by atoms with Crippen LogP contribution in [0.1, 0.15) is 57.6 Å². The normalized spacial score (nSPS) is 14.2.